The highest BCUT2D eigenvalue weighted by Crippen LogP contribution is 2.31. The van der Waals surface area contributed by atoms with Crippen LogP contribution in [-0.4, -0.2) is 21.6 Å². The van der Waals surface area contributed by atoms with Gasteiger partial charge in [-0.25, -0.2) is 0 Å². The van der Waals surface area contributed by atoms with Gasteiger partial charge in [0, 0.05) is 6.72 Å². The monoisotopic (exact) mass is 206 g/mol. The zero-order chi connectivity index (χ0) is 10.1. The zero-order valence-corrected chi connectivity index (χ0v) is 7.17. The van der Waals surface area contributed by atoms with E-state index in [1.807, 2.05) is 0 Å². The molecule has 0 aliphatic heterocycles. The van der Waals surface area contributed by atoms with Gasteiger partial charge in [0.25, 0.3) is 0 Å². The average molecular weight is 207 g/mol. The van der Waals surface area contributed by atoms with Gasteiger partial charge in [-0.1, -0.05) is 6.58 Å². The van der Waals surface area contributed by atoms with E-state index in [9.17, 15) is 8.78 Å². The minimum Gasteiger partial charge on any atom is -0.191 e. The fourth-order valence-electron chi connectivity index (χ4n) is 0.735. The molecule has 70 valence electrons. The van der Waals surface area contributed by atoms with Crippen LogP contribution in [0, 0.1) is 0 Å². The maximum atomic E-state index is 12.6. The summed E-state index contributed by atoms with van der Waals surface area (Å²) in [4.78, 5) is 0. The number of rotatable bonds is 3. The van der Waals surface area contributed by atoms with Crippen molar-refractivity contribution >= 4 is 24.4 Å². The van der Waals surface area contributed by atoms with Crippen molar-refractivity contribution in [2.45, 2.75) is 5.38 Å². The normalized spacial score (nSPS) is 11.3. The molecule has 1 aromatic heterocycles. The van der Waals surface area contributed by atoms with E-state index in [0.29, 0.717) is 0 Å². The standard InChI is InChI=1S/C6H5ClF2N4/c1-3-4-11-12-5(6(7,8)9)13(4)10-2/h3H,1-2H2. The second-order valence-electron chi connectivity index (χ2n) is 2.04. The van der Waals surface area contributed by atoms with Crippen molar-refractivity contribution in [3.8, 4) is 0 Å². The van der Waals surface area contributed by atoms with Crippen LogP contribution in [0.3, 0.4) is 0 Å². The summed E-state index contributed by atoms with van der Waals surface area (Å²) in [5, 5.41) is 6.18. The van der Waals surface area contributed by atoms with E-state index in [-0.39, 0.29) is 5.82 Å². The third kappa shape index (κ3) is 1.72. The molecule has 0 aromatic carbocycles. The zero-order valence-electron chi connectivity index (χ0n) is 6.41. The van der Waals surface area contributed by atoms with Crippen molar-refractivity contribution in [3.05, 3.63) is 18.2 Å². The highest BCUT2D eigenvalue weighted by atomic mass is 35.5. The third-order valence-electron chi connectivity index (χ3n) is 1.24. The van der Waals surface area contributed by atoms with Crippen molar-refractivity contribution in [3.63, 3.8) is 0 Å². The van der Waals surface area contributed by atoms with Crippen LogP contribution in [0.25, 0.3) is 6.08 Å². The van der Waals surface area contributed by atoms with Crippen molar-refractivity contribution in [1.82, 2.24) is 14.9 Å². The Kier molecular flexibility index (Phi) is 2.42. The van der Waals surface area contributed by atoms with Crippen LogP contribution in [0.5, 0.6) is 0 Å². The Balaban J connectivity index is 3.31. The molecule has 0 fully saturated rings. The number of hydrogen-bond acceptors (Lipinski definition) is 3. The van der Waals surface area contributed by atoms with Gasteiger partial charge in [0.2, 0.25) is 5.82 Å². The molecule has 0 radical (unpaired) electrons. The Hall–Kier alpha value is -1.30. The van der Waals surface area contributed by atoms with Gasteiger partial charge in [-0.15, -0.1) is 10.2 Å². The van der Waals surface area contributed by atoms with Crippen LogP contribution in [-0.2, 0) is 5.38 Å². The molecule has 0 N–H and O–H groups in total. The fraction of sp³-hybridized carbons (Fsp3) is 0.167. The van der Waals surface area contributed by atoms with Crippen molar-refractivity contribution in [2.75, 3.05) is 0 Å². The molecule has 0 spiro atoms. The summed E-state index contributed by atoms with van der Waals surface area (Å²) in [7, 11) is 0. The summed E-state index contributed by atoms with van der Waals surface area (Å²) in [5.74, 6) is -0.718. The Morgan fingerprint density at radius 2 is 2.15 bits per heavy atom. The molecule has 0 unspecified atom stereocenters. The Bertz CT molecular complexity index is 341. The first-order chi connectivity index (χ1) is 6.00. The molecule has 13 heavy (non-hydrogen) atoms. The molecule has 1 aromatic rings. The molecule has 0 atom stereocenters. The molecule has 1 rings (SSSR count). The second-order valence-corrected chi connectivity index (χ2v) is 2.51. The molecule has 7 heteroatoms. The fourth-order valence-corrected chi connectivity index (χ4v) is 0.853. The summed E-state index contributed by atoms with van der Waals surface area (Å²) in [5.41, 5.74) is 0. The van der Waals surface area contributed by atoms with Gasteiger partial charge in [-0.2, -0.15) is 18.6 Å². The first-order valence-electron chi connectivity index (χ1n) is 3.12. The maximum absolute atomic E-state index is 12.6. The smallest absolute Gasteiger partial charge is 0.191 e. The third-order valence-corrected chi connectivity index (χ3v) is 1.41. The SMILES string of the molecule is C=Cc1nnc(C(F)(F)Cl)n1N=C. The predicted molar refractivity (Wildman–Crippen MR) is 44.8 cm³/mol. The topological polar surface area (TPSA) is 43.1 Å². The highest BCUT2D eigenvalue weighted by Gasteiger charge is 2.35. The second kappa shape index (κ2) is 3.21. The number of alkyl halides is 3. The average Bonchev–Trinajstić information content (AvgIpc) is 2.45. The van der Waals surface area contributed by atoms with Gasteiger partial charge >= 0.3 is 5.38 Å². The van der Waals surface area contributed by atoms with E-state index < -0.39 is 11.2 Å². The van der Waals surface area contributed by atoms with E-state index >= 15 is 0 Å². The van der Waals surface area contributed by atoms with Crippen LogP contribution < -0.4 is 0 Å². The summed E-state index contributed by atoms with van der Waals surface area (Å²) in [6, 6.07) is 0. The van der Waals surface area contributed by atoms with Gasteiger partial charge in [0.1, 0.15) is 0 Å². The van der Waals surface area contributed by atoms with Crippen molar-refractivity contribution in [1.29, 1.82) is 0 Å². The molecule has 1 heterocycles. The van der Waals surface area contributed by atoms with Gasteiger partial charge in [-0.3, -0.25) is 0 Å². The molecule has 0 aliphatic carbocycles. The summed E-state index contributed by atoms with van der Waals surface area (Å²) >= 11 is 4.73. The van der Waals surface area contributed by atoms with Crippen LogP contribution in [0.15, 0.2) is 11.7 Å². The molecular weight excluding hydrogens is 202 g/mol. The van der Waals surface area contributed by atoms with Crippen molar-refractivity contribution < 1.29 is 8.78 Å². The molecule has 0 saturated carbocycles. The highest BCUT2D eigenvalue weighted by molar-refractivity contribution is 6.21. The van der Waals surface area contributed by atoms with Crippen molar-refractivity contribution in [2.24, 2.45) is 5.10 Å². The molecule has 0 saturated heterocycles. The summed E-state index contributed by atoms with van der Waals surface area (Å²) < 4.78 is 25.9. The van der Waals surface area contributed by atoms with E-state index in [1.54, 1.807) is 0 Å². The van der Waals surface area contributed by atoms with E-state index in [2.05, 4.69) is 28.6 Å². The summed E-state index contributed by atoms with van der Waals surface area (Å²) in [6.45, 7) is 6.41. The van der Waals surface area contributed by atoms with Gasteiger partial charge in [0.15, 0.2) is 5.82 Å². The largest absolute Gasteiger partial charge is 0.383 e. The number of aromatic nitrogens is 3. The minimum atomic E-state index is -3.62. The molecule has 0 aliphatic rings. The first kappa shape index (κ1) is 9.79. The van der Waals surface area contributed by atoms with E-state index in [0.717, 1.165) is 4.68 Å². The summed E-state index contributed by atoms with van der Waals surface area (Å²) in [6.07, 6.45) is 1.22. The van der Waals surface area contributed by atoms with Gasteiger partial charge < -0.3 is 0 Å². The predicted octanol–water partition coefficient (Wildman–Crippen LogP) is 1.67. The molecular formula is C6H5ClF2N4. The van der Waals surface area contributed by atoms with E-state index in [1.165, 1.54) is 6.08 Å². The lowest BCUT2D eigenvalue weighted by atomic mass is 10.6. The van der Waals surface area contributed by atoms with Crippen LogP contribution in [0.2, 0.25) is 0 Å². The molecule has 0 bridgehead atoms. The lowest BCUT2D eigenvalue weighted by Gasteiger charge is -2.05. The molecule has 4 nitrogen and oxygen atoms in total. The van der Waals surface area contributed by atoms with Gasteiger partial charge in [-0.05, 0) is 17.7 Å². The van der Waals surface area contributed by atoms with E-state index in [4.69, 9.17) is 11.6 Å². The Morgan fingerprint density at radius 3 is 2.54 bits per heavy atom. The van der Waals surface area contributed by atoms with Crippen LogP contribution >= 0.6 is 11.6 Å². The first-order valence-corrected chi connectivity index (χ1v) is 3.50. The minimum absolute atomic E-state index is 0.0605. The quantitative estimate of drug-likeness (QED) is 0.558. The number of hydrogen-bond donors (Lipinski definition) is 0. The van der Waals surface area contributed by atoms with Crippen LogP contribution in [0.1, 0.15) is 11.6 Å². The Morgan fingerprint density at radius 1 is 1.54 bits per heavy atom. The maximum Gasteiger partial charge on any atom is 0.383 e. The lowest BCUT2D eigenvalue weighted by Crippen LogP contribution is -2.11. The Labute approximate surface area is 77.5 Å². The number of nitrogens with zero attached hydrogens (tertiary/aromatic N) is 4. The number of halogens is 3. The van der Waals surface area contributed by atoms with Crippen LogP contribution in [0.4, 0.5) is 8.78 Å². The molecule has 0 amide bonds. The van der Waals surface area contributed by atoms with Gasteiger partial charge in [0.05, 0.1) is 0 Å². The lowest BCUT2D eigenvalue weighted by molar-refractivity contribution is 0.0805.